The summed E-state index contributed by atoms with van der Waals surface area (Å²) in [4.78, 5) is 0. The van der Waals surface area contributed by atoms with Crippen LogP contribution in [0.5, 0.6) is 0 Å². The number of halogens is 2. The average Bonchev–Trinajstić information content (AvgIpc) is 2.21. The van der Waals surface area contributed by atoms with Gasteiger partial charge >= 0.3 is 0 Å². The van der Waals surface area contributed by atoms with Gasteiger partial charge in [-0.25, -0.2) is 4.39 Å². The number of hydrogen-bond donors (Lipinski definition) is 1. The molecule has 0 unspecified atom stereocenters. The molecular formula is C9H15ClFNO. The molecule has 1 aliphatic rings. The third-order valence-electron chi connectivity index (χ3n) is 2.93. The summed E-state index contributed by atoms with van der Waals surface area (Å²) in [5.74, 6) is 0.357. The molecule has 1 aliphatic carbocycles. The van der Waals surface area contributed by atoms with E-state index in [1.54, 1.807) is 0 Å². The van der Waals surface area contributed by atoms with Gasteiger partial charge in [0.1, 0.15) is 6.67 Å². The summed E-state index contributed by atoms with van der Waals surface area (Å²) in [6, 6.07) is 0. The van der Waals surface area contributed by atoms with Crippen LogP contribution in [0.2, 0.25) is 0 Å². The zero-order valence-electron chi connectivity index (χ0n) is 7.60. The average molecular weight is 208 g/mol. The van der Waals surface area contributed by atoms with Gasteiger partial charge in [-0.05, 0) is 12.8 Å². The van der Waals surface area contributed by atoms with Crippen LogP contribution in [0.4, 0.5) is 4.39 Å². The summed E-state index contributed by atoms with van der Waals surface area (Å²) in [5.41, 5.74) is -0.147. The summed E-state index contributed by atoms with van der Waals surface area (Å²) < 4.78 is 12.5. The Labute approximate surface area is 82.8 Å². The van der Waals surface area contributed by atoms with E-state index in [1.165, 1.54) is 6.42 Å². The minimum atomic E-state index is -0.691. The van der Waals surface area contributed by atoms with E-state index < -0.39 is 6.67 Å². The van der Waals surface area contributed by atoms with E-state index in [-0.39, 0.29) is 11.1 Å². The molecule has 0 aromatic carbocycles. The van der Waals surface area contributed by atoms with Crippen LogP contribution in [-0.4, -0.2) is 23.5 Å². The van der Waals surface area contributed by atoms with Crippen molar-refractivity contribution >= 4 is 17.3 Å². The number of nitrogens with zero attached hydrogens (tertiary/aromatic N) is 1. The first-order chi connectivity index (χ1) is 6.29. The Morgan fingerprint density at radius 2 is 2.00 bits per heavy atom. The summed E-state index contributed by atoms with van der Waals surface area (Å²) in [6.45, 7) is -0.691. The van der Waals surface area contributed by atoms with Crippen molar-refractivity contribution in [2.45, 2.75) is 32.1 Å². The lowest BCUT2D eigenvalue weighted by atomic mass is 9.72. The van der Waals surface area contributed by atoms with Crippen LogP contribution in [0.25, 0.3) is 0 Å². The van der Waals surface area contributed by atoms with E-state index in [0.29, 0.717) is 5.88 Å². The molecule has 0 saturated heterocycles. The standard InChI is InChI=1S/C9H15ClFNO/c10-7-9(8(6-11)12-13)4-2-1-3-5-9/h13H,1-7H2. The predicted molar refractivity (Wildman–Crippen MR) is 51.4 cm³/mol. The molecular weight excluding hydrogens is 193 g/mol. The van der Waals surface area contributed by atoms with E-state index >= 15 is 0 Å². The van der Waals surface area contributed by atoms with Crippen LogP contribution in [0.1, 0.15) is 32.1 Å². The Balaban J connectivity index is 2.77. The van der Waals surface area contributed by atoms with Gasteiger partial charge in [0.25, 0.3) is 0 Å². The van der Waals surface area contributed by atoms with Gasteiger partial charge in [0.15, 0.2) is 0 Å². The highest BCUT2D eigenvalue weighted by molar-refractivity contribution is 6.20. The highest BCUT2D eigenvalue weighted by atomic mass is 35.5. The SMILES string of the molecule is ON=C(CF)C1(CCl)CCCCC1. The first-order valence-electron chi connectivity index (χ1n) is 4.62. The van der Waals surface area contributed by atoms with Crippen LogP contribution in [0.3, 0.4) is 0 Å². The molecule has 76 valence electrons. The number of rotatable bonds is 3. The van der Waals surface area contributed by atoms with Crippen molar-refractivity contribution in [3.63, 3.8) is 0 Å². The quantitative estimate of drug-likeness (QED) is 0.328. The maximum atomic E-state index is 12.5. The fourth-order valence-electron chi connectivity index (χ4n) is 2.00. The van der Waals surface area contributed by atoms with Crippen LogP contribution in [0, 0.1) is 5.41 Å². The monoisotopic (exact) mass is 207 g/mol. The lowest BCUT2D eigenvalue weighted by Crippen LogP contribution is -2.36. The number of alkyl halides is 2. The number of hydrogen-bond acceptors (Lipinski definition) is 2. The summed E-state index contributed by atoms with van der Waals surface area (Å²) >= 11 is 5.83. The van der Waals surface area contributed by atoms with Crippen LogP contribution in [0.15, 0.2) is 5.16 Å². The Hall–Kier alpha value is -0.310. The lowest BCUT2D eigenvalue weighted by molar-refractivity contribution is 0.269. The minimum absolute atomic E-state index is 0.224. The van der Waals surface area contributed by atoms with Crippen molar-refractivity contribution in [2.75, 3.05) is 12.6 Å². The predicted octanol–water partition coefficient (Wildman–Crippen LogP) is 2.98. The summed E-state index contributed by atoms with van der Waals surface area (Å²) in [5, 5.41) is 11.7. The van der Waals surface area contributed by atoms with Gasteiger partial charge in [0.05, 0.1) is 5.71 Å². The van der Waals surface area contributed by atoms with E-state index in [0.717, 1.165) is 25.7 Å². The molecule has 1 N–H and O–H groups in total. The number of oxime groups is 1. The van der Waals surface area contributed by atoms with Gasteiger partial charge in [-0.3, -0.25) is 0 Å². The molecule has 0 aromatic heterocycles. The lowest BCUT2D eigenvalue weighted by Gasteiger charge is -2.34. The third-order valence-corrected chi connectivity index (χ3v) is 3.44. The highest BCUT2D eigenvalue weighted by Gasteiger charge is 2.36. The molecule has 0 radical (unpaired) electrons. The van der Waals surface area contributed by atoms with Crippen molar-refractivity contribution in [2.24, 2.45) is 10.6 Å². The molecule has 4 heteroatoms. The minimum Gasteiger partial charge on any atom is -0.411 e. The van der Waals surface area contributed by atoms with Gasteiger partial charge in [-0.1, -0.05) is 24.4 Å². The molecule has 0 aromatic rings. The van der Waals surface area contributed by atoms with E-state index in [9.17, 15) is 4.39 Å². The third kappa shape index (κ3) is 2.13. The van der Waals surface area contributed by atoms with E-state index in [1.807, 2.05) is 0 Å². The maximum Gasteiger partial charge on any atom is 0.131 e. The largest absolute Gasteiger partial charge is 0.411 e. The molecule has 13 heavy (non-hydrogen) atoms. The highest BCUT2D eigenvalue weighted by Crippen LogP contribution is 2.38. The maximum absolute atomic E-state index is 12.5. The normalized spacial score (nSPS) is 23.1. The van der Waals surface area contributed by atoms with Crippen molar-refractivity contribution in [3.8, 4) is 0 Å². The van der Waals surface area contributed by atoms with E-state index in [2.05, 4.69) is 5.16 Å². The molecule has 0 heterocycles. The Kier molecular flexibility index (Phi) is 3.97. The van der Waals surface area contributed by atoms with Crippen molar-refractivity contribution < 1.29 is 9.60 Å². The molecule has 0 atom stereocenters. The van der Waals surface area contributed by atoms with Gasteiger partial charge in [-0.2, -0.15) is 0 Å². The molecule has 1 fully saturated rings. The molecule has 0 amide bonds. The van der Waals surface area contributed by atoms with Gasteiger partial charge < -0.3 is 5.21 Å². The zero-order valence-corrected chi connectivity index (χ0v) is 8.36. The molecule has 1 rings (SSSR count). The molecule has 2 nitrogen and oxygen atoms in total. The Morgan fingerprint density at radius 1 is 1.38 bits per heavy atom. The first kappa shape index (κ1) is 10.8. The smallest absolute Gasteiger partial charge is 0.131 e. The van der Waals surface area contributed by atoms with Crippen molar-refractivity contribution in [1.82, 2.24) is 0 Å². The second-order valence-electron chi connectivity index (χ2n) is 3.65. The van der Waals surface area contributed by atoms with Crippen molar-refractivity contribution in [1.29, 1.82) is 0 Å². The zero-order chi connectivity index (χ0) is 9.73. The van der Waals surface area contributed by atoms with E-state index in [4.69, 9.17) is 16.8 Å². The first-order valence-corrected chi connectivity index (χ1v) is 5.16. The Morgan fingerprint density at radius 3 is 2.38 bits per heavy atom. The van der Waals surface area contributed by atoms with Crippen LogP contribution >= 0.6 is 11.6 Å². The van der Waals surface area contributed by atoms with Gasteiger partial charge in [0.2, 0.25) is 0 Å². The fraction of sp³-hybridized carbons (Fsp3) is 0.889. The molecule has 0 aliphatic heterocycles. The van der Waals surface area contributed by atoms with Crippen LogP contribution in [-0.2, 0) is 0 Å². The van der Waals surface area contributed by atoms with Gasteiger partial charge in [-0.15, -0.1) is 11.6 Å². The van der Waals surface area contributed by atoms with Gasteiger partial charge in [0, 0.05) is 11.3 Å². The fourth-order valence-corrected chi connectivity index (χ4v) is 2.42. The summed E-state index contributed by atoms with van der Waals surface area (Å²) in [6.07, 6.45) is 4.96. The molecule has 0 bridgehead atoms. The summed E-state index contributed by atoms with van der Waals surface area (Å²) in [7, 11) is 0. The van der Waals surface area contributed by atoms with Crippen molar-refractivity contribution in [3.05, 3.63) is 0 Å². The second-order valence-corrected chi connectivity index (χ2v) is 3.92. The second kappa shape index (κ2) is 4.80. The topological polar surface area (TPSA) is 32.6 Å². The van der Waals surface area contributed by atoms with Crippen LogP contribution < -0.4 is 0 Å². The Bertz CT molecular complexity index is 190. The molecule has 1 saturated carbocycles. The molecule has 0 spiro atoms.